The van der Waals surface area contributed by atoms with Gasteiger partial charge in [-0.3, -0.25) is 0 Å². The molecular formula is C10H14BrNS. The van der Waals surface area contributed by atoms with Gasteiger partial charge in [-0.25, -0.2) is 0 Å². The first-order valence-electron chi connectivity index (χ1n) is 4.85. The van der Waals surface area contributed by atoms with Gasteiger partial charge in [-0.1, -0.05) is 12.8 Å². The lowest BCUT2D eigenvalue weighted by molar-refractivity contribution is 0.543. The molecule has 1 aromatic rings. The van der Waals surface area contributed by atoms with Crippen LogP contribution < -0.4 is 5.32 Å². The van der Waals surface area contributed by atoms with Crippen LogP contribution in [0.4, 0.5) is 0 Å². The monoisotopic (exact) mass is 259 g/mol. The minimum atomic E-state index is 0.610. The maximum absolute atomic E-state index is 3.60. The summed E-state index contributed by atoms with van der Waals surface area (Å²) in [6.07, 6.45) is 5.39. The van der Waals surface area contributed by atoms with Gasteiger partial charge in [0.05, 0.1) is 3.79 Å². The van der Waals surface area contributed by atoms with Crippen LogP contribution in [-0.4, -0.2) is 6.54 Å². The molecule has 1 nitrogen and oxygen atoms in total. The quantitative estimate of drug-likeness (QED) is 0.811. The van der Waals surface area contributed by atoms with E-state index in [9.17, 15) is 0 Å². The highest BCUT2D eigenvalue weighted by Gasteiger charge is 2.14. The second kappa shape index (κ2) is 4.58. The molecule has 0 amide bonds. The van der Waals surface area contributed by atoms with Crippen molar-refractivity contribution < 1.29 is 0 Å². The van der Waals surface area contributed by atoms with Gasteiger partial charge in [0.2, 0.25) is 0 Å². The first kappa shape index (κ1) is 9.69. The van der Waals surface area contributed by atoms with Gasteiger partial charge in [0.1, 0.15) is 0 Å². The summed E-state index contributed by atoms with van der Waals surface area (Å²) in [5.41, 5.74) is 0. The molecule has 0 spiro atoms. The molecule has 1 aliphatic heterocycles. The van der Waals surface area contributed by atoms with Gasteiger partial charge in [0.25, 0.3) is 0 Å². The molecule has 1 unspecified atom stereocenters. The van der Waals surface area contributed by atoms with E-state index in [0.29, 0.717) is 6.04 Å². The molecule has 1 N–H and O–H groups in total. The third-order valence-electron chi connectivity index (χ3n) is 2.50. The number of nitrogens with one attached hydrogen (secondary N) is 1. The molecule has 2 rings (SSSR count). The van der Waals surface area contributed by atoms with Crippen LogP contribution >= 0.6 is 27.3 Å². The van der Waals surface area contributed by atoms with Gasteiger partial charge in [0.15, 0.2) is 0 Å². The predicted octanol–water partition coefficient (Wildman–Crippen LogP) is 3.72. The Hall–Kier alpha value is 0.140. The number of hydrogen-bond donors (Lipinski definition) is 1. The van der Waals surface area contributed by atoms with E-state index in [1.54, 1.807) is 0 Å². The molecule has 0 radical (unpaired) electrons. The van der Waals surface area contributed by atoms with Crippen LogP contribution in [-0.2, 0) is 0 Å². The summed E-state index contributed by atoms with van der Waals surface area (Å²) in [5, 5.41) is 3.60. The van der Waals surface area contributed by atoms with E-state index >= 15 is 0 Å². The zero-order chi connectivity index (χ0) is 9.10. The molecule has 72 valence electrons. The van der Waals surface area contributed by atoms with Crippen molar-refractivity contribution in [3.8, 4) is 0 Å². The Morgan fingerprint density at radius 3 is 3.00 bits per heavy atom. The Balaban J connectivity index is 2.06. The molecule has 3 heteroatoms. The van der Waals surface area contributed by atoms with Gasteiger partial charge >= 0.3 is 0 Å². The number of hydrogen-bond acceptors (Lipinski definition) is 2. The fourth-order valence-corrected chi connectivity index (χ4v) is 3.32. The molecule has 1 atom stereocenters. The minimum absolute atomic E-state index is 0.610. The highest BCUT2D eigenvalue weighted by atomic mass is 79.9. The third kappa shape index (κ3) is 2.55. The topological polar surface area (TPSA) is 12.0 Å². The molecule has 1 saturated heterocycles. The first-order chi connectivity index (χ1) is 6.36. The third-order valence-corrected chi connectivity index (χ3v) is 4.24. The summed E-state index contributed by atoms with van der Waals surface area (Å²) in [6, 6.07) is 4.99. The summed E-state index contributed by atoms with van der Waals surface area (Å²) in [7, 11) is 0. The van der Waals surface area contributed by atoms with Crippen LogP contribution in [0.5, 0.6) is 0 Å². The predicted molar refractivity (Wildman–Crippen MR) is 61.2 cm³/mol. The van der Waals surface area contributed by atoms with Gasteiger partial charge in [-0.05, 0) is 47.4 Å². The number of halogens is 1. The van der Waals surface area contributed by atoms with Crippen molar-refractivity contribution in [3.63, 3.8) is 0 Å². The lowest BCUT2D eigenvalue weighted by Crippen LogP contribution is -2.19. The highest BCUT2D eigenvalue weighted by molar-refractivity contribution is 9.11. The van der Waals surface area contributed by atoms with Crippen LogP contribution in [0.2, 0.25) is 0 Å². The van der Waals surface area contributed by atoms with Crippen molar-refractivity contribution in [3.05, 3.63) is 20.8 Å². The van der Waals surface area contributed by atoms with Gasteiger partial charge < -0.3 is 5.32 Å². The molecule has 1 aliphatic rings. The molecule has 2 heterocycles. The van der Waals surface area contributed by atoms with E-state index in [4.69, 9.17) is 0 Å². The molecule has 1 fully saturated rings. The van der Waals surface area contributed by atoms with Crippen molar-refractivity contribution in [1.82, 2.24) is 5.32 Å². The fraction of sp³-hybridized carbons (Fsp3) is 0.600. The van der Waals surface area contributed by atoms with E-state index < -0.39 is 0 Å². The Morgan fingerprint density at radius 1 is 1.31 bits per heavy atom. The van der Waals surface area contributed by atoms with Gasteiger partial charge in [-0.15, -0.1) is 11.3 Å². The summed E-state index contributed by atoms with van der Waals surface area (Å²) >= 11 is 5.37. The molecule has 1 aromatic heterocycles. The Kier molecular flexibility index (Phi) is 3.41. The minimum Gasteiger partial charge on any atom is -0.309 e. The van der Waals surface area contributed by atoms with E-state index in [0.717, 1.165) is 0 Å². The molecule has 0 saturated carbocycles. The van der Waals surface area contributed by atoms with Crippen LogP contribution in [0, 0.1) is 0 Å². The van der Waals surface area contributed by atoms with Crippen molar-refractivity contribution in [1.29, 1.82) is 0 Å². The second-order valence-corrected chi connectivity index (χ2v) is 5.99. The smallest absolute Gasteiger partial charge is 0.0701 e. The maximum atomic E-state index is 3.60. The lowest BCUT2D eigenvalue weighted by Gasteiger charge is -2.12. The van der Waals surface area contributed by atoms with Crippen LogP contribution in [0.1, 0.15) is 36.6 Å². The van der Waals surface area contributed by atoms with E-state index in [1.165, 1.54) is 40.9 Å². The normalized spacial score (nSPS) is 24.2. The van der Waals surface area contributed by atoms with Crippen molar-refractivity contribution >= 4 is 27.3 Å². The highest BCUT2D eigenvalue weighted by Crippen LogP contribution is 2.31. The average molecular weight is 260 g/mol. The summed E-state index contributed by atoms with van der Waals surface area (Å²) in [5.74, 6) is 0. The van der Waals surface area contributed by atoms with Crippen molar-refractivity contribution in [2.75, 3.05) is 6.54 Å². The van der Waals surface area contributed by atoms with Crippen LogP contribution in [0.15, 0.2) is 15.9 Å². The molecule has 0 aliphatic carbocycles. The maximum Gasteiger partial charge on any atom is 0.0701 e. The van der Waals surface area contributed by atoms with Crippen LogP contribution in [0.25, 0.3) is 0 Å². The summed E-state index contributed by atoms with van der Waals surface area (Å²) < 4.78 is 1.24. The second-order valence-electron chi connectivity index (χ2n) is 3.50. The summed E-state index contributed by atoms with van der Waals surface area (Å²) in [4.78, 5) is 1.48. The van der Waals surface area contributed by atoms with Crippen molar-refractivity contribution in [2.45, 2.75) is 31.7 Å². The molecule has 0 bridgehead atoms. The first-order valence-corrected chi connectivity index (χ1v) is 6.46. The number of rotatable bonds is 1. The van der Waals surface area contributed by atoms with Crippen LogP contribution in [0.3, 0.4) is 0 Å². The Morgan fingerprint density at radius 2 is 2.23 bits per heavy atom. The standard InChI is InChI=1S/C10H14BrNS/c11-10-6-5-9(13-10)8-4-2-1-3-7-12-8/h5-6,8,12H,1-4,7H2. The zero-order valence-electron chi connectivity index (χ0n) is 7.55. The number of thiophene rings is 1. The largest absolute Gasteiger partial charge is 0.309 e. The van der Waals surface area contributed by atoms with Gasteiger partial charge in [-0.2, -0.15) is 0 Å². The lowest BCUT2D eigenvalue weighted by atomic mass is 10.1. The van der Waals surface area contributed by atoms with Crippen molar-refractivity contribution in [2.24, 2.45) is 0 Å². The van der Waals surface area contributed by atoms with E-state index in [-0.39, 0.29) is 0 Å². The van der Waals surface area contributed by atoms with E-state index in [2.05, 4.69) is 33.4 Å². The SMILES string of the molecule is Brc1ccc(C2CCCCCN2)s1. The zero-order valence-corrected chi connectivity index (χ0v) is 9.96. The molecule has 0 aromatic carbocycles. The Labute approximate surface area is 91.7 Å². The fourth-order valence-electron chi connectivity index (χ4n) is 1.79. The molecular weight excluding hydrogens is 246 g/mol. The average Bonchev–Trinajstić information content (AvgIpc) is 2.43. The Bertz CT molecular complexity index is 264. The molecule has 13 heavy (non-hydrogen) atoms. The summed E-state index contributed by atoms with van der Waals surface area (Å²) in [6.45, 7) is 1.18. The van der Waals surface area contributed by atoms with Gasteiger partial charge in [0, 0.05) is 10.9 Å². The van der Waals surface area contributed by atoms with E-state index in [1.807, 2.05) is 11.3 Å².